The van der Waals surface area contributed by atoms with Crippen LogP contribution >= 0.6 is 35.3 Å². The Balaban J connectivity index is 0.00000243. The van der Waals surface area contributed by atoms with Crippen molar-refractivity contribution in [1.82, 2.24) is 25.4 Å². The zero-order valence-corrected chi connectivity index (χ0v) is 18.9. The monoisotopic (exact) mass is 488 g/mol. The third-order valence-corrected chi connectivity index (χ3v) is 5.37. The van der Waals surface area contributed by atoms with Crippen molar-refractivity contribution in [3.8, 4) is 0 Å². The van der Waals surface area contributed by atoms with Crippen LogP contribution in [0.1, 0.15) is 48.1 Å². The topological polar surface area (TPSA) is 67.1 Å². The summed E-state index contributed by atoms with van der Waals surface area (Å²) in [6.45, 7) is 8.86. The molecule has 26 heavy (non-hydrogen) atoms. The summed E-state index contributed by atoms with van der Waals surface area (Å²) in [4.78, 5) is 7.49. The van der Waals surface area contributed by atoms with E-state index in [1.54, 1.807) is 0 Å². The molecule has 2 aromatic heterocycles. The fourth-order valence-corrected chi connectivity index (χ4v) is 4.16. The minimum absolute atomic E-state index is 0. The van der Waals surface area contributed by atoms with E-state index in [1.165, 1.54) is 22.6 Å². The van der Waals surface area contributed by atoms with Crippen molar-refractivity contribution in [1.29, 1.82) is 0 Å². The quantitative estimate of drug-likeness (QED) is 0.372. The molecular weight excluding hydrogens is 459 g/mol. The number of aliphatic imine (C=N–C) groups is 1. The van der Waals surface area contributed by atoms with Gasteiger partial charge in [0, 0.05) is 41.7 Å². The van der Waals surface area contributed by atoms with Gasteiger partial charge in [-0.3, -0.25) is 0 Å². The molecular formula is C18H29IN6S. The molecule has 0 saturated heterocycles. The van der Waals surface area contributed by atoms with Gasteiger partial charge in [0.05, 0.1) is 0 Å². The van der Waals surface area contributed by atoms with Crippen molar-refractivity contribution in [3.63, 3.8) is 0 Å². The minimum atomic E-state index is 0. The number of fused-ring (bicyclic) bond motifs is 1. The molecule has 0 spiro atoms. The van der Waals surface area contributed by atoms with Crippen LogP contribution in [-0.2, 0) is 25.9 Å². The van der Waals surface area contributed by atoms with Gasteiger partial charge in [0.2, 0.25) is 0 Å². The summed E-state index contributed by atoms with van der Waals surface area (Å²) in [5.41, 5.74) is 0. The first-order chi connectivity index (χ1) is 12.2. The molecule has 3 rings (SSSR count). The number of rotatable bonds is 6. The molecule has 1 atom stereocenters. The molecule has 0 bridgehead atoms. The summed E-state index contributed by atoms with van der Waals surface area (Å²) < 4.78 is 2.23. The fraction of sp³-hybridized carbons (Fsp3) is 0.611. The van der Waals surface area contributed by atoms with Crippen molar-refractivity contribution in [2.45, 2.75) is 65.6 Å². The molecule has 1 aliphatic heterocycles. The lowest BCUT2D eigenvalue weighted by atomic mass is 10.2. The van der Waals surface area contributed by atoms with E-state index in [0.29, 0.717) is 12.6 Å². The van der Waals surface area contributed by atoms with Crippen LogP contribution in [0.4, 0.5) is 0 Å². The zero-order chi connectivity index (χ0) is 17.6. The van der Waals surface area contributed by atoms with E-state index < -0.39 is 0 Å². The third-order valence-electron chi connectivity index (χ3n) is 4.35. The summed E-state index contributed by atoms with van der Waals surface area (Å²) >= 11 is 1.86. The number of guanidine groups is 1. The number of nitrogens with zero attached hydrogens (tertiary/aromatic N) is 4. The van der Waals surface area contributed by atoms with Gasteiger partial charge in [-0.15, -0.1) is 45.5 Å². The molecule has 2 aromatic rings. The first-order valence-corrected chi connectivity index (χ1v) is 9.98. The average molecular weight is 488 g/mol. The number of aromatic nitrogens is 3. The lowest BCUT2D eigenvalue weighted by Crippen LogP contribution is -2.43. The molecule has 6 nitrogen and oxygen atoms in total. The molecule has 8 heteroatoms. The lowest BCUT2D eigenvalue weighted by molar-refractivity contribution is 0.508. The van der Waals surface area contributed by atoms with Gasteiger partial charge in [-0.1, -0.05) is 0 Å². The van der Waals surface area contributed by atoms with E-state index in [2.05, 4.69) is 58.3 Å². The summed E-state index contributed by atoms with van der Waals surface area (Å²) in [7, 11) is 0. The number of hydrogen-bond donors (Lipinski definition) is 2. The Labute approximate surface area is 176 Å². The van der Waals surface area contributed by atoms with E-state index in [0.717, 1.165) is 43.5 Å². The number of halogens is 1. The number of thiophene rings is 1. The van der Waals surface area contributed by atoms with Crippen LogP contribution in [0.15, 0.2) is 17.1 Å². The Hall–Kier alpha value is -1.16. The highest BCUT2D eigenvalue weighted by atomic mass is 127. The van der Waals surface area contributed by atoms with Gasteiger partial charge in [-0.25, -0.2) is 4.99 Å². The summed E-state index contributed by atoms with van der Waals surface area (Å²) in [5.74, 6) is 2.92. The van der Waals surface area contributed by atoms with E-state index in [9.17, 15) is 0 Å². The first-order valence-electron chi connectivity index (χ1n) is 9.17. The Kier molecular flexibility index (Phi) is 8.33. The Bertz CT molecular complexity index is 723. The Morgan fingerprint density at radius 3 is 2.92 bits per heavy atom. The van der Waals surface area contributed by atoms with Gasteiger partial charge in [0.1, 0.15) is 12.4 Å². The molecule has 2 N–H and O–H groups in total. The molecule has 144 valence electrons. The molecule has 0 fully saturated rings. The van der Waals surface area contributed by atoms with E-state index in [-0.39, 0.29) is 24.0 Å². The van der Waals surface area contributed by atoms with Gasteiger partial charge in [-0.2, -0.15) is 0 Å². The predicted octanol–water partition coefficient (Wildman–Crippen LogP) is 3.29. The summed E-state index contributed by atoms with van der Waals surface area (Å²) in [6.07, 6.45) is 4.46. The van der Waals surface area contributed by atoms with Crippen molar-refractivity contribution < 1.29 is 0 Å². The highest BCUT2D eigenvalue weighted by Crippen LogP contribution is 2.17. The largest absolute Gasteiger partial charge is 0.357 e. The average Bonchev–Trinajstić information content (AvgIpc) is 3.19. The van der Waals surface area contributed by atoms with Crippen LogP contribution in [0.3, 0.4) is 0 Å². The lowest BCUT2D eigenvalue weighted by Gasteiger charge is -2.18. The maximum absolute atomic E-state index is 4.73. The standard InChI is InChI=1S/C18H28N6S.HI/c1-4-19-18(21-13(2)11-15-9-8-14(3)25-15)20-12-17-23-22-16-7-5-6-10-24(16)17;/h8-9,13H,4-7,10-12H2,1-3H3,(H2,19,20,21);1H. The molecule has 0 amide bonds. The van der Waals surface area contributed by atoms with Crippen molar-refractivity contribution in [2.24, 2.45) is 4.99 Å². The highest BCUT2D eigenvalue weighted by Gasteiger charge is 2.15. The van der Waals surface area contributed by atoms with Crippen LogP contribution in [0.2, 0.25) is 0 Å². The first kappa shape index (κ1) is 21.1. The van der Waals surface area contributed by atoms with Crippen LogP contribution in [0.5, 0.6) is 0 Å². The molecule has 1 aliphatic rings. The van der Waals surface area contributed by atoms with Crippen LogP contribution in [0, 0.1) is 6.92 Å². The second kappa shape index (κ2) is 10.2. The number of aryl methyl sites for hydroxylation is 2. The highest BCUT2D eigenvalue weighted by molar-refractivity contribution is 14.0. The SMILES string of the molecule is CCNC(=NCc1nnc2n1CCCC2)NC(C)Cc1ccc(C)s1.I. The number of hydrogen-bond acceptors (Lipinski definition) is 4. The van der Waals surface area contributed by atoms with Crippen molar-refractivity contribution in [3.05, 3.63) is 33.5 Å². The summed E-state index contributed by atoms with van der Waals surface area (Å²) in [6, 6.07) is 4.72. The molecule has 0 aliphatic carbocycles. The molecule has 3 heterocycles. The van der Waals surface area contributed by atoms with Gasteiger partial charge < -0.3 is 15.2 Å². The molecule has 0 aromatic carbocycles. The molecule has 0 saturated carbocycles. The van der Waals surface area contributed by atoms with Crippen molar-refractivity contribution in [2.75, 3.05) is 6.54 Å². The van der Waals surface area contributed by atoms with E-state index in [4.69, 9.17) is 4.99 Å². The Morgan fingerprint density at radius 2 is 2.19 bits per heavy atom. The van der Waals surface area contributed by atoms with Gasteiger partial charge in [-0.05, 0) is 45.7 Å². The molecule has 1 unspecified atom stereocenters. The second-order valence-electron chi connectivity index (χ2n) is 6.60. The maximum atomic E-state index is 4.73. The normalized spacial score (nSPS) is 15.1. The van der Waals surface area contributed by atoms with Crippen LogP contribution in [0.25, 0.3) is 0 Å². The maximum Gasteiger partial charge on any atom is 0.191 e. The van der Waals surface area contributed by atoms with E-state index in [1.807, 2.05) is 11.3 Å². The fourth-order valence-electron chi connectivity index (χ4n) is 3.14. The zero-order valence-electron chi connectivity index (χ0n) is 15.8. The van der Waals surface area contributed by atoms with Gasteiger partial charge in [0.25, 0.3) is 0 Å². The van der Waals surface area contributed by atoms with Crippen LogP contribution in [-0.4, -0.2) is 33.3 Å². The predicted molar refractivity (Wildman–Crippen MR) is 119 cm³/mol. The number of nitrogens with one attached hydrogen (secondary N) is 2. The minimum Gasteiger partial charge on any atom is -0.357 e. The van der Waals surface area contributed by atoms with Gasteiger partial charge >= 0.3 is 0 Å². The third kappa shape index (κ3) is 5.67. The molecule has 0 radical (unpaired) electrons. The summed E-state index contributed by atoms with van der Waals surface area (Å²) in [5, 5.41) is 15.5. The van der Waals surface area contributed by atoms with Crippen molar-refractivity contribution >= 4 is 41.3 Å². The van der Waals surface area contributed by atoms with Gasteiger partial charge in [0.15, 0.2) is 11.8 Å². The van der Waals surface area contributed by atoms with E-state index >= 15 is 0 Å². The van der Waals surface area contributed by atoms with Crippen LogP contribution < -0.4 is 10.6 Å². The second-order valence-corrected chi connectivity index (χ2v) is 7.97. The Morgan fingerprint density at radius 1 is 1.35 bits per heavy atom. The smallest absolute Gasteiger partial charge is 0.191 e.